The third-order valence-corrected chi connectivity index (χ3v) is 5.66. The van der Waals surface area contributed by atoms with E-state index in [9.17, 15) is 14.7 Å². The number of carbonyl (C=O) groups excluding carboxylic acids is 1. The Balaban J connectivity index is 0.000000755. The van der Waals surface area contributed by atoms with E-state index in [1.54, 1.807) is 17.0 Å². The lowest BCUT2D eigenvalue weighted by Crippen LogP contribution is -2.51. The SMILES string of the molecule is CCC[C@H]1[C@H]2C[C@H](CN(C(=O)c3ncccc3O)C2)c2cccc(=O)n21.O=CO. The van der Waals surface area contributed by atoms with E-state index in [1.165, 1.54) is 12.3 Å². The summed E-state index contributed by atoms with van der Waals surface area (Å²) in [5.41, 5.74) is 1.18. The molecule has 2 bridgehead atoms. The molecule has 1 saturated heterocycles. The van der Waals surface area contributed by atoms with E-state index in [0.29, 0.717) is 13.1 Å². The van der Waals surface area contributed by atoms with Gasteiger partial charge in [0, 0.05) is 43.0 Å². The van der Waals surface area contributed by atoms with Crippen LogP contribution >= 0.6 is 0 Å². The number of piperidine rings is 1. The number of pyridine rings is 2. The van der Waals surface area contributed by atoms with Gasteiger partial charge in [-0.2, -0.15) is 0 Å². The van der Waals surface area contributed by atoms with Crippen molar-refractivity contribution in [3.8, 4) is 5.75 Å². The van der Waals surface area contributed by atoms with E-state index in [4.69, 9.17) is 9.90 Å². The van der Waals surface area contributed by atoms with Crippen LogP contribution in [0.2, 0.25) is 0 Å². The molecule has 0 radical (unpaired) electrons. The van der Waals surface area contributed by atoms with Gasteiger partial charge in [-0.3, -0.25) is 14.4 Å². The van der Waals surface area contributed by atoms with Crippen molar-refractivity contribution >= 4 is 12.4 Å². The van der Waals surface area contributed by atoms with Gasteiger partial charge in [-0.1, -0.05) is 19.4 Å². The number of aromatic hydroxyl groups is 1. The molecule has 0 saturated carbocycles. The molecule has 1 amide bonds. The minimum absolute atomic E-state index is 0.0535. The first-order chi connectivity index (χ1) is 14.0. The highest BCUT2D eigenvalue weighted by Gasteiger charge is 2.41. The number of aromatic nitrogens is 2. The van der Waals surface area contributed by atoms with E-state index >= 15 is 0 Å². The van der Waals surface area contributed by atoms with Crippen LogP contribution in [0.4, 0.5) is 0 Å². The molecule has 3 atom stereocenters. The zero-order valence-corrected chi connectivity index (χ0v) is 16.3. The first-order valence-electron chi connectivity index (χ1n) is 9.74. The largest absolute Gasteiger partial charge is 0.505 e. The second-order valence-corrected chi connectivity index (χ2v) is 7.39. The first kappa shape index (κ1) is 20.6. The van der Waals surface area contributed by atoms with Gasteiger partial charge < -0.3 is 19.7 Å². The zero-order valence-electron chi connectivity index (χ0n) is 16.3. The molecule has 2 aromatic rings. The lowest BCUT2D eigenvalue weighted by molar-refractivity contribution is -0.122. The highest BCUT2D eigenvalue weighted by atomic mass is 16.3. The summed E-state index contributed by atoms with van der Waals surface area (Å²) in [5, 5.41) is 16.9. The van der Waals surface area contributed by atoms with Gasteiger partial charge >= 0.3 is 0 Å². The van der Waals surface area contributed by atoms with Crippen molar-refractivity contribution in [2.45, 2.75) is 38.1 Å². The Bertz CT molecular complexity index is 942. The summed E-state index contributed by atoms with van der Waals surface area (Å²) in [6, 6.07) is 8.66. The van der Waals surface area contributed by atoms with Gasteiger partial charge in [-0.15, -0.1) is 0 Å². The minimum Gasteiger partial charge on any atom is -0.505 e. The van der Waals surface area contributed by atoms with Crippen molar-refractivity contribution in [1.82, 2.24) is 14.5 Å². The van der Waals surface area contributed by atoms with Crippen LogP contribution in [-0.4, -0.2) is 50.1 Å². The van der Waals surface area contributed by atoms with Crippen molar-refractivity contribution in [1.29, 1.82) is 0 Å². The van der Waals surface area contributed by atoms with Gasteiger partial charge in [0.05, 0.1) is 0 Å². The molecule has 154 valence electrons. The second kappa shape index (κ2) is 8.89. The summed E-state index contributed by atoms with van der Waals surface area (Å²) in [6.45, 7) is 3.02. The number of carbonyl (C=O) groups is 2. The molecule has 0 aliphatic carbocycles. The number of nitrogens with zero attached hydrogens (tertiary/aromatic N) is 3. The molecular weight excluding hydrogens is 374 g/mol. The molecule has 8 heteroatoms. The molecule has 2 N–H and O–H groups in total. The third kappa shape index (κ3) is 4.01. The Hall–Kier alpha value is -3.16. The van der Waals surface area contributed by atoms with Crippen molar-refractivity contribution in [2.75, 3.05) is 13.1 Å². The normalized spacial score (nSPS) is 22.1. The molecule has 8 nitrogen and oxygen atoms in total. The van der Waals surface area contributed by atoms with E-state index in [-0.39, 0.29) is 47.3 Å². The van der Waals surface area contributed by atoms with Crippen molar-refractivity contribution in [3.05, 3.63) is 58.3 Å². The fourth-order valence-electron chi connectivity index (χ4n) is 4.58. The van der Waals surface area contributed by atoms with Crippen LogP contribution in [0.25, 0.3) is 0 Å². The Morgan fingerprint density at radius 1 is 1.28 bits per heavy atom. The lowest BCUT2D eigenvalue weighted by atomic mass is 9.77. The average molecular weight is 399 g/mol. The molecule has 4 rings (SSSR count). The fraction of sp³-hybridized carbons (Fsp3) is 0.429. The number of likely N-dealkylation sites (tertiary alicyclic amines) is 1. The van der Waals surface area contributed by atoms with Crippen LogP contribution < -0.4 is 5.56 Å². The van der Waals surface area contributed by atoms with Crippen LogP contribution in [0, 0.1) is 5.92 Å². The molecule has 0 unspecified atom stereocenters. The molecule has 2 aliphatic heterocycles. The molecule has 1 fully saturated rings. The average Bonchev–Trinajstić information content (AvgIpc) is 2.72. The van der Waals surface area contributed by atoms with Crippen LogP contribution in [0.1, 0.15) is 54.3 Å². The molecule has 2 aromatic heterocycles. The smallest absolute Gasteiger partial charge is 0.290 e. The van der Waals surface area contributed by atoms with Gasteiger partial charge in [-0.05, 0) is 37.0 Å². The molecule has 0 spiro atoms. The number of fused-ring (bicyclic) bond motifs is 4. The Labute approximate surface area is 168 Å². The van der Waals surface area contributed by atoms with E-state index < -0.39 is 0 Å². The van der Waals surface area contributed by atoms with Crippen molar-refractivity contribution in [3.63, 3.8) is 0 Å². The van der Waals surface area contributed by atoms with Crippen LogP contribution in [-0.2, 0) is 4.79 Å². The third-order valence-electron chi connectivity index (χ3n) is 5.66. The number of rotatable bonds is 3. The summed E-state index contributed by atoms with van der Waals surface area (Å²) in [7, 11) is 0. The molecule has 29 heavy (non-hydrogen) atoms. The zero-order chi connectivity index (χ0) is 21.0. The topological polar surface area (TPSA) is 113 Å². The fourth-order valence-corrected chi connectivity index (χ4v) is 4.58. The van der Waals surface area contributed by atoms with Gasteiger partial charge in [0.2, 0.25) is 0 Å². The summed E-state index contributed by atoms with van der Waals surface area (Å²) < 4.78 is 1.96. The van der Waals surface area contributed by atoms with E-state index in [0.717, 1.165) is 25.0 Å². The molecule has 2 aliphatic rings. The minimum atomic E-state index is -0.250. The van der Waals surface area contributed by atoms with E-state index in [2.05, 4.69) is 11.9 Å². The second-order valence-electron chi connectivity index (χ2n) is 7.39. The van der Waals surface area contributed by atoms with Crippen molar-refractivity contribution < 1.29 is 19.8 Å². The number of hydrogen-bond acceptors (Lipinski definition) is 5. The first-order valence-corrected chi connectivity index (χ1v) is 9.74. The number of amides is 1. The van der Waals surface area contributed by atoms with Crippen LogP contribution in [0.15, 0.2) is 41.3 Å². The van der Waals surface area contributed by atoms with Crippen LogP contribution in [0.5, 0.6) is 5.75 Å². The summed E-state index contributed by atoms with van der Waals surface area (Å²) in [6.07, 6.45) is 4.42. The Morgan fingerprint density at radius 3 is 2.72 bits per heavy atom. The highest BCUT2D eigenvalue weighted by molar-refractivity contribution is 5.94. The number of carboxylic acid groups (broad SMARTS) is 1. The quantitative estimate of drug-likeness (QED) is 0.766. The van der Waals surface area contributed by atoms with Gasteiger partial charge in [-0.25, -0.2) is 4.98 Å². The number of hydrogen-bond donors (Lipinski definition) is 2. The predicted octanol–water partition coefficient (Wildman–Crippen LogP) is 2.25. The summed E-state index contributed by atoms with van der Waals surface area (Å²) in [5.74, 6) is 0.0661. The van der Waals surface area contributed by atoms with Crippen molar-refractivity contribution in [2.24, 2.45) is 5.92 Å². The van der Waals surface area contributed by atoms with E-state index in [1.807, 2.05) is 16.7 Å². The Kier molecular flexibility index (Phi) is 6.31. The maximum atomic E-state index is 12.9. The maximum absolute atomic E-state index is 12.9. The molecule has 4 heterocycles. The van der Waals surface area contributed by atoms with Gasteiger partial charge in [0.15, 0.2) is 5.69 Å². The highest BCUT2D eigenvalue weighted by Crippen LogP contribution is 2.43. The maximum Gasteiger partial charge on any atom is 0.290 e. The van der Waals surface area contributed by atoms with Gasteiger partial charge in [0.25, 0.3) is 17.9 Å². The predicted molar refractivity (Wildman–Crippen MR) is 106 cm³/mol. The van der Waals surface area contributed by atoms with Crippen LogP contribution in [0.3, 0.4) is 0 Å². The monoisotopic (exact) mass is 399 g/mol. The standard InChI is InChI=1S/C20H23N3O3.CH2O2/c1-2-5-15-13-10-14(16-6-3-8-18(25)23(15)16)12-22(11-13)20(26)19-17(24)7-4-9-21-19;2-1-3/h3-4,6-9,13-15,24H,2,5,10-12H2,1H3;1H,(H,2,3)/t13-,14+,15-;/m0./s1. The molecule has 0 aromatic carbocycles. The summed E-state index contributed by atoms with van der Waals surface area (Å²) in [4.78, 5) is 39.7. The molecular formula is C21H25N3O5. The lowest BCUT2D eigenvalue weighted by Gasteiger charge is -2.47. The van der Waals surface area contributed by atoms with Gasteiger partial charge in [0.1, 0.15) is 5.75 Å². The Morgan fingerprint density at radius 2 is 2.03 bits per heavy atom. The summed E-state index contributed by atoms with van der Waals surface area (Å²) >= 11 is 0.